The minimum atomic E-state index is -0.486. The first kappa shape index (κ1) is 15.4. The van der Waals surface area contributed by atoms with Crippen LogP contribution in [0.3, 0.4) is 0 Å². The monoisotopic (exact) mass is 347 g/mol. The summed E-state index contributed by atoms with van der Waals surface area (Å²) in [7, 11) is 0. The highest BCUT2D eigenvalue weighted by Crippen LogP contribution is 2.34. The van der Waals surface area contributed by atoms with Gasteiger partial charge in [-0.25, -0.2) is 4.98 Å². The normalized spacial score (nSPS) is 11.6. The molecule has 116 valence electrons. The smallest absolute Gasteiger partial charge is 0.226 e. The van der Waals surface area contributed by atoms with Gasteiger partial charge in [0.25, 0.3) is 0 Å². The van der Waals surface area contributed by atoms with E-state index in [-0.39, 0.29) is 11.6 Å². The average molecular weight is 348 g/mol. The lowest BCUT2D eigenvalue weighted by Gasteiger charge is -2.02. The summed E-state index contributed by atoms with van der Waals surface area (Å²) in [5.74, 6) is -0.659. The Balaban J connectivity index is 1.84. The maximum atomic E-state index is 11.9. The number of nitrogens with zero attached hydrogens (tertiary/aromatic N) is 2. The fourth-order valence-electron chi connectivity index (χ4n) is 1.80. The van der Waals surface area contributed by atoms with Crippen molar-refractivity contribution in [2.24, 2.45) is 0 Å². The minimum absolute atomic E-state index is 0.0455. The molecule has 0 aliphatic carbocycles. The molecule has 0 spiro atoms. The van der Waals surface area contributed by atoms with Crippen LogP contribution in [0.2, 0.25) is 5.02 Å². The number of carbonyl (C=O) groups excluding carboxylic acids is 1. The van der Waals surface area contributed by atoms with Crippen LogP contribution in [-0.2, 0) is 0 Å². The molecule has 6 nitrogen and oxygen atoms in total. The molecule has 0 fully saturated rings. The molecule has 0 atom stereocenters. The topological polar surface area (TPSA) is 92.0 Å². The average Bonchev–Trinajstić information content (AvgIpc) is 3.18. The summed E-state index contributed by atoms with van der Waals surface area (Å²) < 4.78 is 5.14. The van der Waals surface area contributed by atoms with Crippen LogP contribution < -0.4 is 0 Å². The molecule has 0 amide bonds. The molecule has 3 rings (SSSR count). The van der Waals surface area contributed by atoms with Crippen molar-refractivity contribution in [2.45, 2.75) is 9.79 Å². The van der Waals surface area contributed by atoms with Gasteiger partial charge in [0.2, 0.25) is 5.78 Å². The molecule has 1 aromatic carbocycles. The zero-order valence-corrected chi connectivity index (χ0v) is 13.1. The van der Waals surface area contributed by atoms with Crippen molar-refractivity contribution in [3.8, 4) is 0 Å². The van der Waals surface area contributed by atoms with Gasteiger partial charge in [-0.05, 0) is 18.2 Å². The van der Waals surface area contributed by atoms with Crippen LogP contribution >= 0.6 is 23.4 Å². The van der Waals surface area contributed by atoms with Gasteiger partial charge in [0.05, 0.1) is 10.5 Å². The Morgan fingerprint density at radius 1 is 1.39 bits per heavy atom. The maximum Gasteiger partial charge on any atom is 0.226 e. The first-order valence-electron chi connectivity index (χ1n) is 6.44. The van der Waals surface area contributed by atoms with Crippen LogP contribution in [0.1, 0.15) is 16.2 Å². The highest BCUT2D eigenvalue weighted by molar-refractivity contribution is 7.99. The van der Waals surface area contributed by atoms with Crippen LogP contribution in [0.15, 0.2) is 63.4 Å². The van der Waals surface area contributed by atoms with Crippen molar-refractivity contribution in [1.29, 1.82) is 0 Å². The molecule has 23 heavy (non-hydrogen) atoms. The number of carbonyl (C=O) groups is 1. The minimum Gasteiger partial charge on any atom is -0.507 e. The van der Waals surface area contributed by atoms with E-state index in [1.807, 2.05) is 12.1 Å². The van der Waals surface area contributed by atoms with E-state index >= 15 is 0 Å². The molecule has 0 saturated carbocycles. The fourth-order valence-corrected chi connectivity index (χ4v) is 3.01. The lowest BCUT2D eigenvalue weighted by molar-refractivity contribution is 0.103. The first-order valence-corrected chi connectivity index (χ1v) is 7.63. The maximum absolute atomic E-state index is 11.9. The molecule has 0 bridgehead atoms. The summed E-state index contributed by atoms with van der Waals surface area (Å²) in [5.41, 5.74) is 0.405. The molecule has 2 aromatic heterocycles. The van der Waals surface area contributed by atoms with Crippen LogP contribution in [0.4, 0.5) is 0 Å². The van der Waals surface area contributed by atoms with Gasteiger partial charge in [0, 0.05) is 16.0 Å². The molecule has 8 heteroatoms. The summed E-state index contributed by atoms with van der Waals surface area (Å²) in [4.78, 5) is 17.2. The van der Waals surface area contributed by atoms with E-state index in [0.717, 1.165) is 11.0 Å². The third-order valence-electron chi connectivity index (χ3n) is 2.84. The Morgan fingerprint density at radius 2 is 2.26 bits per heavy atom. The molecule has 0 unspecified atom stereocenters. The van der Waals surface area contributed by atoms with Crippen molar-refractivity contribution in [2.75, 3.05) is 0 Å². The molecule has 3 aromatic rings. The molecule has 0 aliphatic rings. The number of H-pyrrole nitrogens is 1. The Kier molecular flexibility index (Phi) is 4.50. The largest absolute Gasteiger partial charge is 0.507 e. The zero-order valence-electron chi connectivity index (χ0n) is 11.6. The van der Waals surface area contributed by atoms with Gasteiger partial charge < -0.3 is 9.52 Å². The molecule has 2 N–H and O–H groups in total. The second kappa shape index (κ2) is 6.72. The molecular formula is C15H10ClN3O3S. The van der Waals surface area contributed by atoms with Crippen molar-refractivity contribution in [1.82, 2.24) is 15.2 Å². The molecule has 2 heterocycles. The zero-order chi connectivity index (χ0) is 16.2. The van der Waals surface area contributed by atoms with Crippen LogP contribution in [0.25, 0.3) is 5.76 Å². The number of rotatable bonds is 5. The highest BCUT2D eigenvalue weighted by atomic mass is 35.5. The van der Waals surface area contributed by atoms with E-state index in [2.05, 4.69) is 15.2 Å². The Bertz CT molecular complexity index is 858. The number of aliphatic hydroxyl groups is 1. The second-order valence-corrected chi connectivity index (χ2v) is 5.99. The highest BCUT2D eigenvalue weighted by Gasteiger charge is 2.14. The second-order valence-electron chi connectivity index (χ2n) is 4.44. The van der Waals surface area contributed by atoms with Crippen LogP contribution in [0.5, 0.6) is 0 Å². The van der Waals surface area contributed by atoms with E-state index in [1.165, 1.54) is 30.6 Å². The lowest BCUT2D eigenvalue weighted by atomic mass is 10.2. The number of allylic oxidation sites excluding steroid dienone is 1. The van der Waals surface area contributed by atoms with Gasteiger partial charge in [-0.15, -0.1) is 0 Å². The van der Waals surface area contributed by atoms with Crippen molar-refractivity contribution in [3.05, 3.63) is 65.6 Å². The molecule has 0 saturated heterocycles. The number of halogens is 1. The number of furan rings is 1. The number of aromatic nitrogens is 3. The Morgan fingerprint density at radius 3 is 3.00 bits per heavy atom. The predicted octanol–water partition coefficient (Wildman–Crippen LogP) is 3.98. The number of aromatic amines is 1. The Labute approximate surface area is 140 Å². The summed E-state index contributed by atoms with van der Waals surface area (Å²) >= 11 is 7.32. The van der Waals surface area contributed by atoms with Crippen LogP contribution in [-0.4, -0.2) is 26.1 Å². The van der Waals surface area contributed by atoms with Crippen LogP contribution in [0, 0.1) is 0 Å². The standard InChI is InChI=1S/C15H10ClN3O3S/c16-9-2-1-3-10(4-9)23-14-7-22-6-11(14)12(20)5-13(21)15-17-8-18-19-15/h1-8,20H,(H,17,18,19). The van der Waals surface area contributed by atoms with Gasteiger partial charge >= 0.3 is 0 Å². The van der Waals surface area contributed by atoms with Gasteiger partial charge in [0.1, 0.15) is 24.6 Å². The summed E-state index contributed by atoms with van der Waals surface area (Å²) in [6.07, 6.45) is 5.14. The number of ketones is 1. The summed E-state index contributed by atoms with van der Waals surface area (Å²) in [6.45, 7) is 0. The molecular weight excluding hydrogens is 338 g/mol. The van der Waals surface area contributed by atoms with Crippen molar-refractivity contribution in [3.63, 3.8) is 0 Å². The number of nitrogens with one attached hydrogen (secondary N) is 1. The van der Waals surface area contributed by atoms with Gasteiger partial charge in [-0.2, -0.15) is 5.10 Å². The SMILES string of the molecule is O=C(C=C(O)c1cocc1Sc1cccc(Cl)c1)c1ncn[nH]1. The van der Waals surface area contributed by atoms with Gasteiger partial charge in [-0.1, -0.05) is 29.4 Å². The lowest BCUT2D eigenvalue weighted by Crippen LogP contribution is -1.99. The van der Waals surface area contributed by atoms with E-state index < -0.39 is 5.78 Å². The number of hydrogen-bond acceptors (Lipinski definition) is 6. The van der Waals surface area contributed by atoms with E-state index in [9.17, 15) is 9.90 Å². The molecule has 0 radical (unpaired) electrons. The molecule has 0 aliphatic heterocycles. The Hall–Kier alpha value is -2.51. The summed E-state index contributed by atoms with van der Waals surface area (Å²) in [5, 5.41) is 16.8. The third-order valence-corrected chi connectivity index (χ3v) is 4.10. The van der Waals surface area contributed by atoms with E-state index in [4.69, 9.17) is 16.0 Å². The quantitative estimate of drug-likeness (QED) is 0.412. The van der Waals surface area contributed by atoms with Crippen molar-refractivity contribution < 1.29 is 14.3 Å². The predicted molar refractivity (Wildman–Crippen MR) is 85.6 cm³/mol. The van der Waals surface area contributed by atoms with Gasteiger partial charge in [0.15, 0.2) is 5.82 Å². The van der Waals surface area contributed by atoms with Crippen molar-refractivity contribution >= 4 is 34.9 Å². The summed E-state index contributed by atoms with van der Waals surface area (Å²) in [6, 6.07) is 7.28. The number of benzene rings is 1. The number of hydrogen-bond donors (Lipinski definition) is 2. The number of aliphatic hydroxyl groups excluding tert-OH is 1. The first-order chi connectivity index (χ1) is 11.1. The van der Waals surface area contributed by atoms with E-state index in [1.54, 1.807) is 12.1 Å². The van der Waals surface area contributed by atoms with Gasteiger partial charge in [-0.3, -0.25) is 9.89 Å². The third kappa shape index (κ3) is 3.64. The fraction of sp³-hybridized carbons (Fsp3) is 0. The van der Waals surface area contributed by atoms with E-state index in [0.29, 0.717) is 15.5 Å².